The number of rotatable bonds is 5. The van der Waals surface area contributed by atoms with Gasteiger partial charge in [0.2, 0.25) is 0 Å². The van der Waals surface area contributed by atoms with Crippen molar-refractivity contribution >= 4 is 28.7 Å². The smallest absolute Gasteiger partial charge is 0.410 e. The molecule has 0 N–H and O–H groups in total. The highest BCUT2D eigenvalue weighted by Gasteiger charge is 2.25. The average molecular weight is 457 g/mol. The Morgan fingerprint density at radius 1 is 1.06 bits per heavy atom. The van der Waals surface area contributed by atoms with Gasteiger partial charge in [0.05, 0.1) is 17.2 Å². The minimum atomic E-state index is -0.455. The Balaban J connectivity index is 1.25. The molecule has 1 amide bonds. The van der Waals surface area contributed by atoms with Crippen LogP contribution in [0, 0.1) is 0 Å². The number of halogens is 1. The molecule has 9 heteroatoms. The molecule has 1 aliphatic rings. The number of hydrogen-bond acceptors (Lipinski definition) is 6. The molecule has 0 unspecified atom stereocenters. The Labute approximate surface area is 193 Å². The molecule has 0 radical (unpaired) electrons. The molecule has 0 atom stereocenters. The van der Waals surface area contributed by atoms with E-state index in [2.05, 4.69) is 20.0 Å². The predicted octanol–water partition coefficient (Wildman–Crippen LogP) is 4.09. The van der Waals surface area contributed by atoms with Crippen LogP contribution in [0.5, 0.6) is 0 Å². The van der Waals surface area contributed by atoms with E-state index in [1.807, 2.05) is 56.2 Å². The molecule has 1 saturated heterocycles. The van der Waals surface area contributed by atoms with Gasteiger partial charge in [-0.05, 0) is 45.4 Å². The summed E-state index contributed by atoms with van der Waals surface area (Å²) >= 11 is 6.01. The molecule has 0 bridgehead atoms. The van der Waals surface area contributed by atoms with Gasteiger partial charge < -0.3 is 9.64 Å². The average Bonchev–Trinajstić information content (AvgIpc) is 3.21. The maximum Gasteiger partial charge on any atom is 0.410 e. The first kappa shape index (κ1) is 22.5. The van der Waals surface area contributed by atoms with Crippen LogP contribution in [-0.4, -0.2) is 74.0 Å². The fourth-order valence-corrected chi connectivity index (χ4v) is 3.87. The van der Waals surface area contributed by atoms with Crippen LogP contribution >= 0.6 is 11.6 Å². The summed E-state index contributed by atoms with van der Waals surface area (Å²) in [7, 11) is 0. The molecule has 4 rings (SSSR count). The van der Waals surface area contributed by atoms with Crippen LogP contribution in [0.25, 0.3) is 22.2 Å². The van der Waals surface area contributed by atoms with Crippen LogP contribution in [0.15, 0.2) is 36.8 Å². The van der Waals surface area contributed by atoms with Crippen molar-refractivity contribution in [3.63, 3.8) is 0 Å². The lowest BCUT2D eigenvalue weighted by Crippen LogP contribution is -2.50. The summed E-state index contributed by atoms with van der Waals surface area (Å²) in [5, 5.41) is 4.95. The summed E-state index contributed by atoms with van der Waals surface area (Å²) in [6.07, 6.45) is 6.49. The molecule has 32 heavy (non-hydrogen) atoms. The molecule has 0 aliphatic carbocycles. The zero-order valence-corrected chi connectivity index (χ0v) is 19.5. The van der Waals surface area contributed by atoms with Crippen LogP contribution in [0.3, 0.4) is 0 Å². The highest BCUT2D eigenvalue weighted by atomic mass is 35.5. The summed E-state index contributed by atoms with van der Waals surface area (Å²) in [4.78, 5) is 25.2. The third-order valence-corrected chi connectivity index (χ3v) is 5.57. The highest BCUT2D eigenvalue weighted by Crippen LogP contribution is 2.22. The number of hydrogen-bond donors (Lipinski definition) is 0. The van der Waals surface area contributed by atoms with Gasteiger partial charge in [0.25, 0.3) is 0 Å². The van der Waals surface area contributed by atoms with Gasteiger partial charge in [-0.2, -0.15) is 5.10 Å². The third kappa shape index (κ3) is 5.75. The normalized spacial score (nSPS) is 15.3. The zero-order valence-electron chi connectivity index (χ0n) is 18.8. The van der Waals surface area contributed by atoms with Gasteiger partial charge in [0, 0.05) is 62.8 Å². The summed E-state index contributed by atoms with van der Waals surface area (Å²) in [6.45, 7) is 10.6. The number of carbonyl (C=O) groups excluding carboxylic acids is 1. The van der Waals surface area contributed by atoms with Crippen LogP contribution in [0.1, 0.15) is 27.2 Å². The number of pyridine rings is 2. The number of aromatic nitrogens is 4. The van der Waals surface area contributed by atoms with E-state index in [4.69, 9.17) is 16.3 Å². The standard InChI is InChI=1S/C23H29ClN6O2/c1-23(2,3)32-22(31)29-11-9-28(10-12-29)7-4-8-30-16-18(15-26-30)17-13-20-19(25-14-17)5-6-21(24)27-20/h5-6,13-16H,4,7-12H2,1-3H3. The molecule has 170 valence electrons. The van der Waals surface area contributed by atoms with E-state index in [-0.39, 0.29) is 6.09 Å². The highest BCUT2D eigenvalue weighted by molar-refractivity contribution is 6.29. The van der Waals surface area contributed by atoms with Crippen LogP contribution in [-0.2, 0) is 11.3 Å². The summed E-state index contributed by atoms with van der Waals surface area (Å²) in [5.74, 6) is 0. The topological polar surface area (TPSA) is 76.4 Å². The van der Waals surface area contributed by atoms with Crippen LogP contribution in [0.4, 0.5) is 4.79 Å². The Morgan fingerprint density at radius 3 is 2.59 bits per heavy atom. The summed E-state index contributed by atoms with van der Waals surface area (Å²) < 4.78 is 7.42. The minimum Gasteiger partial charge on any atom is -0.444 e. The number of aryl methyl sites for hydroxylation is 1. The molecule has 0 saturated carbocycles. The van der Waals surface area contributed by atoms with Crippen molar-refractivity contribution < 1.29 is 9.53 Å². The van der Waals surface area contributed by atoms with Crippen molar-refractivity contribution in [1.29, 1.82) is 0 Å². The van der Waals surface area contributed by atoms with Gasteiger partial charge in [0.15, 0.2) is 0 Å². The number of piperazine rings is 1. The Bertz CT molecular complexity index is 1090. The number of carbonyl (C=O) groups is 1. The predicted molar refractivity (Wildman–Crippen MR) is 125 cm³/mol. The van der Waals surface area contributed by atoms with Crippen molar-refractivity contribution in [3.05, 3.63) is 41.9 Å². The SMILES string of the molecule is CC(C)(C)OC(=O)N1CCN(CCCn2cc(-c3cnc4ccc(Cl)nc4c3)cn2)CC1. The number of fused-ring (bicyclic) bond motifs is 1. The van der Waals surface area contributed by atoms with E-state index in [0.29, 0.717) is 18.2 Å². The molecular weight excluding hydrogens is 428 g/mol. The second kappa shape index (κ2) is 9.42. The molecule has 1 aliphatic heterocycles. The van der Waals surface area contributed by atoms with Gasteiger partial charge >= 0.3 is 6.09 Å². The fraction of sp³-hybridized carbons (Fsp3) is 0.478. The monoisotopic (exact) mass is 456 g/mol. The largest absolute Gasteiger partial charge is 0.444 e. The molecule has 0 aromatic carbocycles. The summed E-state index contributed by atoms with van der Waals surface area (Å²) in [5.41, 5.74) is 3.11. The molecule has 3 aromatic heterocycles. The first-order valence-corrected chi connectivity index (χ1v) is 11.3. The summed E-state index contributed by atoms with van der Waals surface area (Å²) in [6, 6.07) is 5.59. The van der Waals surface area contributed by atoms with Gasteiger partial charge in [-0.3, -0.25) is 14.6 Å². The van der Waals surface area contributed by atoms with Crippen molar-refractivity contribution in [3.8, 4) is 11.1 Å². The van der Waals surface area contributed by atoms with E-state index in [1.54, 1.807) is 11.0 Å². The van der Waals surface area contributed by atoms with Gasteiger partial charge in [-0.1, -0.05) is 11.6 Å². The van der Waals surface area contributed by atoms with E-state index in [1.165, 1.54) is 0 Å². The van der Waals surface area contributed by atoms with Gasteiger partial charge in [-0.15, -0.1) is 0 Å². The Kier molecular flexibility index (Phi) is 6.62. The second-order valence-electron chi connectivity index (χ2n) is 9.05. The Hall–Kier alpha value is -2.71. The number of ether oxygens (including phenoxy) is 1. The van der Waals surface area contributed by atoms with Crippen molar-refractivity contribution in [1.82, 2.24) is 29.5 Å². The molecule has 1 fully saturated rings. The van der Waals surface area contributed by atoms with E-state index >= 15 is 0 Å². The first-order chi connectivity index (χ1) is 15.3. The first-order valence-electron chi connectivity index (χ1n) is 10.9. The maximum atomic E-state index is 12.2. The molecule has 3 aromatic rings. The molecule has 0 spiro atoms. The number of amides is 1. The van der Waals surface area contributed by atoms with Gasteiger partial charge in [0.1, 0.15) is 10.8 Å². The zero-order chi connectivity index (χ0) is 22.7. The quantitative estimate of drug-likeness (QED) is 0.538. The van der Waals surface area contributed by atoms with Crippen molar-refractivity contribution in [2.75, 3.05) is 32.7 Å². The van der Waals surface area contributed by atoms with Gasteiger partial charge in [-0.25, -0.2) is 9.78 Å². The fourth-order valence-electron chi connectivity index (χ4n) is 3.71. The molecular formula is C23H29ClN6O2. The van der Waals surface area contributed by atoms with E-state index in [0.717, 1.165) is 54.8 Å². The van der Waals surface area contributed by atoms with E-state index in [9.17, 15) is 4.79 Å². The lowest BCUT2D eigenvalue weighted by Gasteiger charge is -2.35. The van der Waals surface area contributed by atoms with Crippen molar-refractivity contribution in [2.24, 2.45) is 0 Å². The second-order valence-corrected chi connectivity index (χ2v) is 9.44. The lowest BCUT2D eigenvalue weighted by atomic mass is 10.1. The Morgan fingerprint density at radius 2 is 1.84 bits per heavy atom. The third-order valence-electron chi connectivity index (χ3n) is 5.36. The van der Waals surface area contributed by atoms with Crippen LogP contribution < -0.4 is 0 Å². The van der Waals surface area contributed by atoms with E-state index < -0.39 is 5.60 Å². The minimum absolute atomic E-state index is 0.220. The molecule has 4 heterocycles. The maximum absolute atomic E-state index is 12.2. The molecule has 8 nitrogen and oxygen atoms in total. The van der Waals surface area contributed by atoms with Crippen molar-refractivity contribution in [2.45, 2.75) is 39.3 Å². The lowest BCUT2D eigenvalue weighted by molar-refractivity contribution is 0.0143. The van der Waals surface area contributed by atoms with Crippen LogP contribution in [0.2, 0.25) is 5.15 Å². The number of nitrogens with zero attached hydrogens (tertiary/aromatic N) is 6.